The molecule has 7 amide bonds. The van der Waals surface area contributed by atoms with Crippen LogP contribution in [-0.2, 0) is 157 Å². The Kier molecular flexibility index (Phi) is 31.6. The van der Waals surface area contributed by atoms with Crippen molar-refractivity contribution in [2.75, 3.05) is 33.9 Å². The Hall–Kier alpha value is -1.73. The van der Waals surface area contributed by atoms with Crippen molar-refractivity contribution in [1.82, 2.24) is 25.8 Å². The van der Waals surface area contributed by atoms with Gasteiger partial charge in [0.1, 0.15) is 18.7 Å². The molecule has 3 aliphatic rings. The van der Waals surface area contributed by atoms with Crippen molar-refractivity contribution in [3.8, 4) is 0 Å². The molecule has 3 unspecified atom stereocenters. The molecule has 3 saturated heterocycles. The largest absolute Gasteiger partial charge is 0.467 e. The molecule has 0 spiro atoms. The maximum atomic E-state index is 12.0. The van der Waals surface area contributed by atoms with E-state index in [9.17, 15) is 33.6 Å². The van der Waals surface area contributed by atoms with E-state index in [1.807, 2.05) is 60.7 Å². The van der Waals surface area contributed by atoms with Crippen LogP contribution in [0, 0.1) is 0 Å². The number of benzene rings is 2. The van der Waals surface area contributed by atoms with Crippen molar-refractivity contribution in [1.29, 1.82) is 0 Å². The molecule has 51 heavy (non-hydrogen) atoms. The summed E-state index contributed by atoms with van der Waals surface area (Å²) in [4.78, 5) is 80.5. The molecule has 21 heteroatoms. The van der Waals surface area contributed by atoms with E-state index in [2.05, 4.69) is 25.4 Å². The molecule has 2 aromatic rings. The molecule has 3 atom stereocenters. The van der Waals surface area contributed by atoms with Gasteiger partial charge in [-0.1, -0.05) is 60.7 Å². The third-order valence-corrected chi connectivity index (χ3v) is 6.81. The topological polar surface area (TPSA) is 190 Å². The Labute approximate surface area is 372 Å². The molecule has 5 rings (SSSR count). The van der Waals surface area contributed by atoms with Crippen LogP contribution in [0.4, 0.5) is 14.4 Å². The molecule has 6 radical (unpaired) electrons. The summed E-state index contributed by atoms with van der Waals surface area (Å²) >= 11 is 0. The predicted molar refractivity (Wildman–Crippen MR) is 156 cm³/mol. The minimum atomic E-state index is -0.770. The quantitative estimate of drug-likeness (QED) is 0.216. The maximum absolute atomic E-state index is 12.0. The molecule has 0 aliphatic carbocycles. The van der Waals surface area contributed by atoms with Gasteiger partial charge in [-0.25, -0.2) is 24.0 Å². The standard InChI is InChI=1S/C14H16N2O4.C9H9NO2.C7H10N2O4.6Rh/c1-20-13(18)11-9-16(14(19)15-11)12(17)8-7-10-5-3-2-4-6-10;11-9-10-8(6-12-9)7-4-2-1-3-5-7;1-4(10)9-3-5(6(11)13-2)8-7(9)12;;;;;;/h2-6,11H,7-9H2,1H3,(H,15,19);1-5,8H,6H2,(H,10,11);5H,3H2,1-2H3,(H,8,12);;;;;;. The molecule has 3 fully saturated rings. The van der Waals surface area contributed by atoms with Crippen LogP contribution >= 0.6 is 0 Å². The number of esters is 2. The SMILES string of the molecule is COC(=O)C1CN(C(=O)CCc2ccccc2)C(=O)N1.COC(=O)C1CN(C(C)=O)C(=O)N1.O=C1NC(c2ccccc2)CO1.[Rh].[Rh].[Rh].[Rh].[Rh].[Rh]. The first-order chi connectivity index (χ1) is 21.5. The van der Waals surface area contributed by atoms with Gasteiger partial charge >= 0.3 is 30.1 Å². The van der Waals surface area contributed by atoms with Crippen LogP contribution < -0.4 is 16.0 Å². The zero-order valence-corrected chi connectivity index (χ0v) is 36.9. The van der Waals surface area contributed by atoms with Gasteiger partial charge in [0.25, 0.3) is 0 Å². The Morgan fingerprint density at radius 3 is 1.57 bits per heavy atom. The summed E-state index contributed by atoms with van der Waals surface area (Å²) in [6.45, 7) is 1.77. The van der Waals surface area contributed by atoms with E-state index in [4.69, 9.17) is 4.74 Å². The van der Waals surface area contributed by atoms with Crippen molar-refractivity contribution in [3.05, 3.63) is 71.8 Å². The number of cyclic esters (lactones) is 1. The Morgan fingerprint density at radius 2 is 1.16 bits per heavy atom. The summed E-state index contributed by atoms with van der Waals surface area (Å²) in [5.41, 5.74) is 2.12. The number of imide groups is 2. The van der Waals surface area contributed by atoms with Crippen LogP contribution in [-0.4, -0.2) is 97.7 Å². The molecule has 3 N–H and O–H groups in total. The second kappa shape index (κ2) is 28.7. The number of nitrogens with one attached hydrogen (secondary N) is 3. The van der Waals surface area contributed by atoms with Gasteiger partial charge in [0.2, 0.25) is 11.8 Å². The van der Waals surface area contributed by atoms with Gasteiger partial charge in [-0.2, -0.15) is 0 Å². The Morgan fingerprint density at radius 1 is 0.706 bits per heavy atom. The van der Waals surface area contributed by atoms with Gasteiger partial charge < -0.3 is 30.2 Å². The zero-order chi connectivity index (χ0) is 32.9. The molecule has 294 valence electrons. The molecular weight excluding hydrogens is 1210 g/mol. The van der Waals surface area contributed by atoms with E-state index in [1.165, 1.54) is 21.1 Å². The number of rotatable bonds is 6. The molecule has 0 saturated carbocycles. The normalized spacial score (nSPS) is 17.5. The fourth-order valence-electron chi connectivity index (χ4n) is 4.39. The van der Waals surface area contributed by atoms with Gasteiger partial charge in [-0.05, 0) is 17.5 Å². The molecule has 0 bridgehead atoms. The molecule has 3 aliphatic heterocycles. The minimum Gasteiger partial charge on any atom is -0.467 e. The van der Waals surface area contributed by atoms with E-state index in [1.54, 1.807) is 0 Å². The Bertz CT molecular complexity index is 1410. The molecular formula is C30H35N5O10Rh6. The number of nitrogens with zero attached hydrogens (tertiary/aromatic N) is 2. The van der Waals surface area contributed by atoms with Gasteiger partial charge in [-0.3, -0.25) is 19.4 Å². The summed E-state index contributed by atoms with van der Waals surface area (Å²) in [6, 6.07) is 16.8. The number of hydrogen-bond donors (Lipinski definition) is 3. The van der Waals surface area contributed by atoms with Crippen LogP contribution in [0.3, 0.4) is 0 Å². The average molecular weight is 1240 g/mol. The van der Waals surface area contributed by atoms with E-state index >= 15 is 0 Å². The second-order valence-electron chi connectivity index (χ2n) is 9.88. The third-order valence-electron chi connectivity index (χ3n) is 6.81. The van der Waals surface area contributed by atoms with E-state index < -0.39 is 36.1 Å². The number of alkyl carbamates (subject to hydrolysis) is 1. The van der Waals surface area contributed by atoms with Crippen LogP contribution in [0.1, 0.15) is 30.5 Å². The van der Waals surface area contributed by atoms with E-state index in [0.29, 0.717) is 13.0 Å². The first-order valence-electron chi connectivity index (χ1n) is 13.9. The van der Waals surface area contributed by atoms with Crippen LogP contribution in [0.5, 0.6) is 0 Å². The maximum Gasteiger partial charge on any atom is 0.407 e. The monoisotopic (exact) mass is 1240 g/mol. The summed E-state index contributed by atoms with van der Waals surface area (Å²) in [7, 11) is 2.47. The van der Waals surface area contributed by atoms with Crippen LogP contribution in [0.25, 0.3) is 0 Å². The first kappa shape index (κ1) is 56.0. The summed E-state index contributed by atoms with van der Waals surface area (Å²) in [5, 5.41) is 7.46. The number of urea groups is 2. The van der Waals surface area contributed by atoms with E-state index in [0.717, 1.165) is 20.9 Å². The molecule has 3 heterocycles. The second-order valence-corrected chi connectivity index (χ2v) is 9.88. The molecule has 0 aromatic heterocycles. The van der Waals surface area contributed by atoms with Crippen molar-refractivity contribution in [2.24, 2.45) is 0 Å². The number of aryl methyl sites for hydroxylation is 1. The number of methoxy groups -OCH3 is 2. The average Bonchev–Trinajstić information content (AvgIpc) is 3.78. The van der Waals surface area contributed by atoms with Gasteiger partial charge in [0.15, 0.2) is 0 Å². The minimum absolute atomic E-state index is 0. The number of hydrogen-bond acceptors (Lipinski definition) is 10. The number of amides is 7. The molecule has 15 nitrogen and oxygen atoms in total. The van der Waals surface area contributed by atoms with Crippen molar-refractivity contribution in [2.45, 2.75) is 37.9 Å². The van der Waals surface area contributed by atoms with Crippen LogP contribution in [0.2, 0.25) is 0 Å². The van der Waals surface area contributed by atoms with Gasteiger partial charge in [0, 0.05) is 130 Å². The summed E-state index contributed by atoms with van der Waals surface area (Å²) in [5.74, 6) is -1.77. The van der Waals surface area contributed by atoms with Gasteiger partial charge in [0.05, 0.1) is 33.4 Å². The first-order valence-corrected chi connectivity index (χ1v) is 13.9. The Balaban J connectivity index is -0.000000318. The summed E-state index contributed by atoms with van der Waals surface area (Å²) < 4.78 is 13.7. The molecule has 2 aromatic carbocycles. The fourth-order valence-corrected chi connectivity index (χ4v) is 4.39. The van der Waals surface area contributed by atoms with Crippen LogP contribution in [0.15, 0.2) is 60.7 Å². The number of ether oxygens (including phenoxy) is 3. The fraction of sp³-hybridized carbons (Fsp3) is 0.367. The zero-order valence-electron chi connectivity index (χ0n) is 27.0. The van der Waals surface area contributed by atoms with Crippen molar-refractivity contribution >= 4 is 41.9 Å². The number of carbonyl (C=O) groups is 7. The summed E-state index contributed by atoms with van der Waals surface area (Å²) in [6.07, 6.45) is 0.460. The third kappa shape index (κ3) is 17.8. The number of carbonyl (C=O) groups excluding carboxylic acids is 7. The van der Waals surface area contributed by atoms with Crippen molar-refractivity contribution < 1.29 is 165 Å². The van der Waals surface area contributed by atoms with Crippen molar-refractivity contribution in [3.63, 3.8) is 0 Å². The van der Waals surface area contributed by atoms with E-state index in [-0.39, 0.29) is 160 Å². The predicted octanol–water partition coefficient (Wildman–Crippen LogP) is 1.26. The smallest absolute Gasteiger partial charge is 0.407 e. The van der Waals surface area contributed by atoms with Gasteiger partial charge in [-0.15, -0.1) is 0 Å².